The molecule has 7 nitrogen and oxygen atoms in total. The van der Waals surface area contributed by atoms with Crippen molar-refractivity contribution in [2.45, 2.75) is 29.7 Å². The van der Waals surface area contributed by atoms with Crippen molar-refractivity contribution in [2.75, 3.05) is 31.6 Å². The molecule has 2 aromatic heterocycles. The van der Waals surface area contributed by atoms with Crippen LogP contribution in [0.3, 0.4) is 0 Å². The third-order valence-electron chi connectivity index (χ3n) is 4.74. The first-order valence-electron chi connectivity index (χ1n) is 8.36. The Bertz CT molecular complexity index is 836. The number of nitrogens with one attached hydrogen (secondary N) is 1. The van der Waals surface area contributed by atoms with E-state index in [4.69, 9.17) is 22.1 Å². The summed E-state index contributed by atoms with van der Waals surface area (Å²) in [5.74, 6) is 0.798. The first kappa shape index (κ1) is 19.0. The lowest BCUT2D eigenvalue weighted by molar-refractivity contribution is 0.257. The van der Waals surface area contributed by atoms with Crippen LogP contribution < -0.4 is 20.9 Å². The summed E-state index contributed by atoms with van der Waals surface area (Å²) in [5.41, 5.74) is 5.79. The molecule has 1 aliphatic heterocycles. The average Bonchev–Trinajstić information content (AvgIpc) is 2.65. The van der Waals surface area contributed by atoms with Gasteiger partial charge in [0.15, 0.2) is 5.82 Å². The van der Waals surface area contributed by atoms with Gasteiger partial charge in [-0.1, -0.05) is 30.3 Å². The second kappa shape index (κ2) is 7.85. The van der Waals surface area contributed by atoms with Crippen LogP contribution in [0.4, 0.5) is 5.82 Å². The monoisotopic (exact) mass is 395 g/mol. The maximum absolute atomic E-state index is 12.5. The summed E-state index contributed by atoms with van der Waals surface area (Å²) >= 11 is 7.56. The van der Waals surface area contributed by atoms with E-state index in [9.17, 15) is 4.79 Å². The molecule has 140 valence electrons. The lowest BCUT2D eigenvalue weighted by Crippen LogP contribution is -2.44. The van der Waals surface area contributed by atoms with E-state index in [1.54, 1.807) is 18.5 Å². The zero-order valence-corrected chi connectivity index (χ0v) is 16.4. The number of halogens is 1. The van der Waals surface area contributed by atoms with Gasteiger partial charge < -0.3 is 20.4 Å². The summed E-state index contributed by atoms with van der Waals surface area (Å²) in [6, 6.07) is 1.76. The third-order valence-corrected chi connectivity index (χ3v) is 6.21. The number of H-pyrrole nitrogens is 1. The molecule has 1 fully saturated rings. The SMILES string of the molecule is COc1nccc(Sc2cnc(N3CCC(C)(CN)CC3)c(=O)[nH]2)c1Cl. The van der Waals surface area contributed by atoms with E-state index in [-0.39, 0.29) is 11.0 Å². The van der Waals surface area contributed by atoms with Gasteiger partial charge in [0.1, 0.15) is 5.02 Å². The Kier molecular flexibility index (Phi) is 5.74. The molecule has 0 saturated carbocycles. The zero-order valence-electron chi connectivity index (χ0n) is 14.8. The maximum atomic E-state index is 12.5. The summed E-state index contributed by atoms with van der Waals surface area (Å²) in [7, 11) is 1.51. The number of nitrogens with zero attached hydrogens (tertiary/aromatic N) is 3. The Morgan fingerprint density at radius 1 is 1.42 bits per heavy atom. The number of hydrogen-bond acceptors (Lipinski definition) is 7. The highest BCUT2D eigenvalue weighted by atomic mass is 35.5. The fraction of sp³-hybridized carbons (Fsp3) is 0.471. The number of methoxy groups -OCH3 is 1. The molecule has 1 saturated heterocycles. The van der Waals surface area contributed by atoms with E-state index in [0.717, 1.165) is 30.8 Å². The van der Waals surface area contributed by atoms with Crippen molar-refractivity contribution in [3.05, 3.63) is 33.8 Å². The van der Waals surface area contributed by atoms with Crippen LogP contribution in [-0.4, -0.2) is 41.7 Å². The number of pyridine rings is 1. The molecule has 3 rings (SSSR count). The van der Waals surface area contributed by atoms with E-state index in [2.05, 4.69) is 21.9 Å². The maximum Gasteiger partial charge on any atom is 0.291 e. The largest absolute Gasteiger partial charge is 0.480 e. The lowest BCUT2D eigenvalue weighted by Gasteiger charge is -2.38. The Balaban J connectivity index is 1.76. The number of aromatic amines is 1. The Hall–Kier alpha value is -1.77. The minimum atomic E-state index is -0.205. The van der Waals surface area contributed by atoms with Gasteiger partial charge in [-0.05, 0) is 30.9 Å². The van der Waals surface area contributed by atoms with Crippen molar-refractivity contribution in [3.8, 4) is 5.88 Å². The first-order chi connectivity index (χ1) is 12.5. The van der Waals surface area contributed by atoms with Crippen LogP contribution in [0.1, 0.15) is 19.8 Å². The molecule has 2 aromatic rings. The molecule has 0 aliphatic carbocycles. The third kappa shape index (κ3) is 3.97. The minimum absolute atomic E-state index is 0.149. The molecule has 0 unspecified atom stereocenters. The van der Waals surface area contributed by atoms with E-state index < -0.39 is 0 Å². The molecule has 0 atom stereocenters. The quantitative estimate of drug-likeness (QED) is 0.802. The summed E-state index contributed by atoms with van der Waals surface area (Å²) in [4.78, 5) is 26.6. The molecule has 0 bridgehead atoms. The summed E-state index contributed by atoms with van der Waals surface area (Å²) in [6.45, 7) is 4.41. The highest BCUT2D eigenvalue weighted by Gasteiger charge is 2.30. The second-order valence-corrected chi connectivity index (χ2v) is 8.10. The van der Waals surface area contributed by atoms with Gasteiger partial charge in [-0.2, -0.15) is 0 Å². The topological polar surface area (TPSA) is 97.1 Å². The molecule has 0 radical (unpaired) electrons. The predicted octanol–water partition coefficient (Wildman–Crippen LogP) is 2.54. The van der Waals surface area contributed by atoms with Crippen molar-refractivity contribution < 1.29 is 4.74 Å². The first-order valence-corrected chi connectivity index (χ1v) is 9.56. The molecule has 26 heavy (non-hydrogen) atoms. The van der Waals surface area contributed by atoms with Crippen molar-refractivity contribution in [3.63, 3.8) is 0 Å². The van der Waals surface area contributed by atoms with E-state index in [0.29, 0.717) is 28.3 Å². The van der Waals surface area contributed by atoms with Crippen LogP contribution in [0, 0.1) is 5.41 Å². The van der Waals surface area contributed by atoms with E-state index in [1.165, 1.54) is 18.9 Å². The summed E-state index contributed by atoms with van der Waals surface area (Å²) in [6.07, 6.45) is 5.16. The Morgan fingerprint density at radius 3 is 2.77 bits per heavy atom. The van der Waals surface area contributed by atoms with Crippen LogP contribution in [0.15, 0.2) is 33.2 Å². The van der Waals surface area contributed by atoms with Gasteiger partial charge in [-0.25, -0.2) is 9.97 Å². The summed E-state index contributed by atoms with van der Waals surface area (Å²) < 4.78 is 5.11. The number of hydrogen-bond donors (Lipinski definition) is 2. The highest BCUT2D eigenvalue weighted by molar-refractivity contribution is 7.99. The minimum Gasteiger partial charge on any atom is -0.480 e. The molecule has 0 spiro atoms. The molecule has 0 amide bonds. The number of piperidine rings is 1. The van der Waals surface area contributed by atoms with E-state index >= 15 is 0 Å². The fourth-order valence-electron chi connectivity index (χ4n) is 2.87. The van der Waals surface area contributed by atoms with Crippen molar-refractivity contribution >= 4 is 29.2 Å². The van der Waals surface area contributed by atoms with Gasteiger partial charge in [0.05, 0.1) is 18.3 Å². The van der Waals surface area contributed by atoms with Gasteiger partial charge >= 0.3 is 0 Å². The molecular weight excluding hydrogens is 374 g/mol. The molecule has 3 N–H and O–H groups in total. The number of anilines is 1. The average molecular weight is 396 g/mol. The number of aromatic nitrogens is 3. The molecule has 0 aromatic carbocycles. The Labute approximate surface area is 161 Å². The summed E-state index contributed by atoms with van der Waals surface area (Å²) in [5, 5.41) is 1.01. The lowest BCUT2D eigenvalue weighted by atomic mass is 9.80. The van der Waals surface area contributed by atoms with Gasteiger partial charge in [0.25, 0.3) is 5.56 Å². The molecular formula is C17H22ClN5O2S. The highest BCUT2D eigenvalue weighted by Crippen LogP contribution is 2.36. The van der Waals surface area contributed by atoms with Gasteiger partial charge in [0, 0.05) is 24.2 Å². The molecule has 9 heteroatoms. The van der Waals surface area contributed by atoms with Crippen LogP contribution in [0.2, 0.25) is 5.02 Å². The van der Waals surface area contributed by atoms with Crippen molar-refractivity contribution in [1.82, 2.24) is 15.0 Å². The van der Waals surface area contributed by atoms with Crippen LogP contribution >= 0.6 is 23.4 Å². The van der Waals surface area contributed by atoms with E-state index in [1.807, 2.05) is 4.90 Å². The second-order valence-electron chi connectivity index (χ2n) is 6.64. The van der Waals surface area contributed by atoms with Gasteiger partial charge in [-0.15, -0.1) is 0 Å². The smallest absolute Gasteiger partial charge is 0.291 e. The number of rotatable bonds is 5. The Morgan fingerprint density at radius 2 is 2.15 bits per heavy atom. The van der Waals surface area contributed by atoms with Crippen molar-refractivity contribution in [2.24, 2.45) is 11.1 Å². The standard InChI is InChI=1S/C17H22ClN5O2S/c1-17(10-19)4-7-23(8-5-17)14-15(24)22-12(9-21-14)26-11-3-6-20-16(25-2)13(11)18/h3,6,9H,4-5,7-8,10,19H2,1-2H3,(H,22,24). The predicted molar refractivity (Wildman–Crippen MR) is 103 cm³/mol. The molecule has 3 heterocycles. The van der Waals surface area contributed by atoms with Crippen LogP contribution in [-0.2, 0) is 0 Å². The number of ether oxygens (including phenoxy) is 1. The van der Waals surface area contributed by atoms with Crippen molar-refractivity contribution in [1.29, 1.82) is 0 Å². The van der Waals surface area contributed by atoms with Gasteiger partial charge in [0.2, 0.25) is 5.88 Å². The number of nitrogens with two attached hydrogens (primary N) is 1. The van der Waals surface area contributed by atoms with Gasteiger partial charge in [-0.3, -0.25) is 4.79 Å². The normalized spacial score (nSPS) is 16.5. The van der Waals surface area contributed by atoms with Crippen LogP contribution in [0.25, 0.3) is 0 Å². The van der Waals surface area contributed by atoms with Crippen LogP contribution in [0.5, 0.6) is 5.88 Å². The fourth-order valence-corrected chi connectivity index (χ4v) is 3.96. The molecule has 1 aliphatic rings. The zero-order chi connectivity index (χ0) is 18.7.